The fourth-order valence-electron chi connectivity index (χ4n) is 2.12. The number of nitrogens with two attached hydrogens (primary N) is 1. The molecule has 0 unspecified atom stereocenters. The van der Waals surface area contributed by atoms with Crippen molar-refractivity contribution in [1.82, 2.24) is 5.32 Å². The first kappa shape index (κ1) is 16.1. The summed E-state index contributed by atoms with van der Waals surface area (Å²) < 4.78 is 29.6. The molecule has 2 rings (SSSR count). The maximum atomic E-state index is 12.2. The lowest BCUT2D eigenvalue weighted by Gasteiger charge is -2.23. The first-order valence-electron chi connectivity index (χ1n) is 6.53. The van der Waals surface area contributed by atoms with Crippen LogP contribution in [0, 0.1) is 0 Å². The fraction of sp³-hybridized carbons (Fsp3) is 0.462. The van der Waals surface area contributed by atoms with Crippen molar-refractivity contribution in [1.29, 1.82) is 0 Å². The molecule has 0 aliphatic carbocycles. The summed E-state index contributed by atoms with van der Waals surface area (Å²) in [6, 6.07) is 4.13. The summed E-state index contributed by atoms with van der Waals surface area (Å²) in [5, 5.41) is 2.76. The lowest BCUT2D eigenvalue weighted by Crippen LogP contribution is -2.41. The minimum Gasteiger partial charge on any atom is -0.399 e. The van der Waals surface area contributed by atoms with E-state index in [1.807, 2.05) is 0 Å². The van der Waals surface area contributed by atoms with Gasteiger partial charge in [0.25, 0.3) is 0 Å². The van der Waals surface area contributed by atoms with E-state index < -0.39 is 21.5 Å². The van der Waals surface area contributed by atoms with E-state index in [1.165, 1.54) is 18.2 Å². The van der Waals surface area contributed by atoms with Gasteiger partial charge in [-0.15, -0.1) is 0 Å². The molecule has 1 aliphatic rings. The van der Waals surface area contributed by atoms with Crippen LogP contribution in [0.5, 0.6) is 0 Å². The highest BCUT2D eigenvalue weighted by Crippen LogP contribution is 2.24. The van der Waals surface area contributed by atoms with Crippen molar-refractivity contribution in [2.75, 3.05) is 24.7 Å². The third-order valence-corrected chi connectivity index (χ3v) is 5.29. The van der Waals surface area contributed by atoms with Crippen LogP contribution >= 0.6 is 11.6 Å². The predicted molar refractivity (Wildman–Crippen MR) is 79.9 cm³/mol. The van der Waals surface area contributed by atoms with E-state index in [0.717, 1.165) is 0 Å². The second kappa shape index (κ2) is 6.64. The molecule has 3 N–H and O–H groups in total. The number of hydrogen-bond donors (Lipinski definition) is 2. The third-order valence-electron chi connectivity index (χ3n) is 3.20. The van der Waals surface area contributed by atoms with Crippen LogP contribution in [0.1, 0.15) is 12.8 Å². The number of anilines is 1. The van der Waals surface area contributed by atoms with Gasteiger partial charge in [0.05, 0.1) is 9.92 Å². The van der Waals surface area contributed by atoms with Crippen molar-refractivity contribution in [3.8, 4) is 0 Å². The van der Waals surface area contributed by atoms with Gasteiger partial charge in [-0.05, 0) is 31.0 Å². The van der Waals surface area contributed by atoms with Crippen LogP contribution in [0.3, 0.4) is 0 Å². The molecule has 116 valence electrons. The Bertz CT molecular complexity index is 627. The summed E-state index contributed by atoms with van der Waals surface area (Å²) in [7, 11) is -3.82. The Morgan fingerprint density at radius 2 is 2.05 bits per heavy atom. The highest BCUT2D eigenvalue weighted by atomic mass is 35.5. The average molecular weight is 333 g/mol. The molecule has 1 aromatic carbocycles. The van der Waals surface area contributed by atoms with Crippen LogP contribution in [0.25, 0.3) is 0 Å². The second-order valence-corrected chi connectivity index (χ2v) is 7.27. The van der Waals surface area contributed by atoms with Gasteiger partial charge in [0.1, 0.15) is 5.75 Å². The number of hydrogen-bond acceptors (Lipinski definition) is 5. The number of halogens is 1. The van der Waals surface area contributed by atoms with E-state index in [2.05, 4.69) is 5.32 Å². The number of carbonyl (C=O) groups is 1. The lowest BCUT2D eigenvalue weighted by molar-refractivity contribution is -0.119. The summed E-state index contributed by atoms with van der Waals surface area (Å²) in [5.74, 6) is -1.19. The topological polar surface area (TPSA) is 98.5 Å². The van der Waals surface area contributed by atoms with Crippen molar-refractivity contribution in [2.24, 2.45) is 0 Å². The minimum atomic E-state index is -3.82. The standard InChI is InChI=1S/C13H17ClN2O4S/c14-11-2-1-9(15)7-12(11)21(18,19)8-13(17)16-10-3-5-20-6-4-10/h1-2,7,10H,3-6,8,15H2,(H,16,17). The second-order valence-electron chi connectivity index (χ2n) is 4.90. The number of nitrogens with one attached hydrogen (secondary N) is 1. The Morgan fingerprint density at radius 3 is 2.71 bits per heavy atom. The Balaban J connectivity index is 2.06. The van der Waals surface area contributed by atoms with Crippen LogP contribution in [0.2, 0.25) is 5.02 Å². The highest BCUT2D eigenvalue weighted by Gasteiger charge is 2.24. The predicted octanol–water partition coefficient (Wildman–Crippen LogP) is 0.991. The molecular formula is C13H17ClN2O4S. The van der Waals surface area contributed by atoms with Gasteiger partial charge in [-0.3, -0.25) is 4.79 Å². The maximum Gasteiger partial charge on any atom is 0.235 e. The normalized spacial score (nSPS) is 16.6. The monoisotopic (exact) mass is 332 g/mol. The van der Waals surface area contributed by atoms with Crippen molar-refractivity contribution < 1.29 is 17.9 Å². The number of sulfone groups is 1. The van der Waals surface area contributed by atoms with E-state index in [-0.39, 0.29) is 21.6 Å². The van der Waals surface area contributed by atoms with E-state index in [4.69, 9.17) is 22.1 Å². The number of amides is 1. The molecule has 21 heavy (non-hydrogen) atoms. The molecule has 0 radical (unpaired) electrons. The zero-order chi connectivity index (χ0) is 15.5. The summed E-state index contributed by atoms with van der Waals surface area (Å²) >= 11 is 5.87. The lowest BCUT2D eigenvalue weighted by atomic mass is 10.1. The van der Waals surface area contributed by atoms with Gasteiger partial charge in [-0.1, -0.05) is 11.6 Å². The van der Waals surface area contributed by atoms with Crippen LogP contribution in [0.15, 0.2) is 23.1 Å². The van der Waals surface area contributed by atoms with Gasteiger partial charge < -0.3 is 15.8 Å². The molecule has 0 spiro atoms. The zero-order valence-corrected chi connectivity index (χ0v) is 12.9. The molecule has 1 fully saturated rings. The van der Waals surface area contributed by atoms with Crippen LogP contribution < -0.4 is 11.1 Å². The van der Waals surface area contributed by atoms with Crippen LogP contribution in [-0.2, 0) is 19.4 Å². The van der Waals surface area contributed by atoms with Gasteiger partial charge in [-0.2, -0.15) is 0 Å². The van der Waals surface area contributed by atoms with Gasteiger partial charge in [0.2, 0.25) is 5.91 Å². The van der Waals surface area contributed by atoms with Gasteiger partial charge in [0.15, 0.2) is 9.84 Å². The zero-order valence-electron chi connectivity index (χ0n) is 11.3. The number of benzene rings is 1. The molecule has 1 aliphatic heterocycles. The number of nitrogen functional groups attached to an aromatic ring is 1. The smallest absolute Gasteiger partial charge is 0.235 e. The van der Waals surface area contributed by atoms with E-state index in [9.17, 15) is 13.2 Å². The third kappa shape index (κ3) is 4.33. The quantitative estimate of drug-likeness (QED) is 0.801. The molecule has 1 amide bonds. The molecular weight excluding hydrogens is 316 g/mol. The van der Waals surface area contributed by atoms with Gasteiger partial charge in [0, 0.05) is 24.9 Å². The summed E-state index contributed by atoms with van der Waals surface area (Å²) in [6.07, 6.45) is 1.37. The number of rotatable bonds is 4. The van der Waals surface area contributed by atoms with Crippen LogP contribution in [-0.4, -0.2) is 39.3 Å². The Hall–Kier alpha value is -1.31. The van der Waals surface area contributed by atoms with E-state index >= 15 is 0 Å². The van der Waals surface area contributed by atoms with E-state index in [1.54, 1.807) is 0 Å². The van der Waals surface area contributed by atoms with Crippen molar-refractivity contribution in [3.05, 3.63) is 23.2 Å². The molecule has 1 heterocycles. The Kier molecular flexibility index (Phi) is 5.08. The molecule has 8 heteroatoms. The van der Waals surface area contributed by atoms with Crippen molar-refractivity contribution in [3.63, 3.8) is 0 Å². The fourth-order valence-corrected chi connectivity index (χ4v) is 3.85. The Labute approximate surface area is 128 Å². The highest BCUT2D eigenvalue weighted by molar-refractivity contribution is 7.92. The van der Waals surface area contributed by atoms with Crippen molar-refractivity contribution >= 4 is 33.0 Å². The van der Waals surface area contributed by atoms with Crippen LogP contribution in [0.4, 0.5) is 5.69 Å². The SMILES string of the molecule is Nc1ccc(Cl)c(S(=O)(=O)CC(=O)NC2CCOCC2)c1. The molecule has 6 nitrogen and oxygen atoms in total. The number of carbonyl (C=O) groups excluding carboxylic acids is 1. The maximum absolute atomic E-state index is 12.2. The molecule has 0 atom stereocenters. The molecule has 1 aromatic rings. The first-order chi connectivity index (χ1) is 9.88. The number of ether oxygens (including phenoxy) is 1. The molecule has 0 aromatic heterocycles. The minimum absolute atomic E-state index is 0.0437. The molecule has 1 saturated heterocycles. The van der Waals surface area contributed by atoms with Gasteiger partial charge >= 0.3 is 0 Å². The summed E-state index contributed by atoms with van der Waals surface area (Å²) in [5.41, 5.74) is 5.85. The summed E-state index contributed by atoms with van der Waals surface area (Å²) in [6.45, 7) is 1.14. The first-order valence-corrected chi connectivity index (χ1v) is 8.56. The largest absolute Gasteiger partial charge is 0.399 e. The Morgan fingerprint density at radius 1 is 1.38 bits per heavy atom. The molecule has 0 bridgehead atoms. The summed E-state index contributed by atoms with van der Waals surface area (Å²) in [4.78, 5) is 11.8. The van der Waals surface area contributed by atoms with E-state index in [0.29, 0.717) is 26.1 Å². The van der Waals surface area contributed by atoms with Crippen molar-refractivity contribution in [2.45, 2.75) is 23.8 Å². The molecule has 0 saturated carbocycles. The van der Waals surface area contributed by atoms with Gasteiger partial charge in [-0.25, -0.2) is 8.42 Å². The average Bonchev–Trinajstić information content (AvgIpc) is 2.41.